The molecular formula is C11H9F3N2O. The van der Waals surface area contributed by atoms with Gasteiger partial charge in [-0.05, 0) is 30.7 Å². The molecule has 2 aromatic rings. The second-order valence-electron chi connectivity index (χ2n) is 3.64. The van der Waals surface area contributed by atoms with E-state index in [4.69, 9.17) is 0 Å². The highest BCUT2D eigenvalue weighted by atomic mass is 19.4. The Morgan fingerprint density at radius 2 is 2.00 bits per heavy atom. The summed E-state index contributed by atoms with van der Waals surface area (Å²) >= 11 is 0. The number of nitrogens with zero attached hydrogens (tertiary/aromatic N) is 2. The van der Waals surface area contributed by atoms with E-state index < -0.39 is 11.7 Å². The number of aromatic hydroxyl groups is 1. The summed E-state index contributed by atoms with van der Waals surface area (Å²) in [6.45, 7) is 1.68. The Hall–Kier alpha value is -1.98. The normalized spacial score (nSPS) is 11.8. The van der Waals surface area contributed by atoms with E-state index in [0.29, 0.717) is 11.3 Å². The summed E-state index contributed by atoms with van der Waals surface area (Å²) in [5.41, 5.74) is 0.338. The van der Waals surface area contributed by atoms with Crippen LogP contribution in [0.1, 0.15) is 11.1 Å². The zero-order valence-corrected chi connectivity index (χ0v) is 8.86. The average Bonchev–Trinajstić information content (AvgIpc) is 2.65. The van der Waals surface area contributed by atoms with Gasteiger partial charge in [0.2, 0.25) is 0 Å². The Balaban J connectivity index is 2.44. The number of rotatable bonds is 1. The van der Waals surface area contributed by atoms with Gasteiger partial charge in [-0.25, -0.2) is 4.68 Å². The molecule has 0 unspecified atom stereocenters. The van der Waals surface area contributed by atoms with Crippen molar-refractivity contribution in [2.75, 3.05) is 0 Å². The molecule has 0 saturated heterocycles. The number of benzene rings is 1. The van der Waals surface area contributed by atoms with Crippen LogP contribution in [0.4, 0.5) is 13.2 Å². The highest BCUT2D eigenvalue weighted by Gasteiger charge is 2.32. The second-order valence-corrected chi connectivity index (χ2v) is 3.64. The third kappa shape index (κ3) is 2.25. The van der Waals surface area contributed by atoms with Crippen LogP contribution >= 0.6 is 0 Å². The largest absolute Gasteiger partial charge is 0.508 e. The third-order valence-corrected chi connectivity index (χ3v) is 2.34. The maximum atomic E-state index is 12.4. The third-order valence-electron chi connectivity index (χ3n) is 2.34. The van der Waals surface area contributed by atoms with Gasteiger partial charge in [0.15, 0.2) is 0 Å². The Morgan fingerprint density at radius 1 is 1.29 bits per heavy atom. The first-order chi connectivity index (χ1) is 7.88. The summed E-state index contributed by atoms with van der Waals surface area (Å²) < 4.78 is 38.3. The highest BCUT2D eigenvalue weighted by molar-refractivity contribution is 5.44. The molecule has 0 radical (unpaired) electrons. The van der Waals surface area contributed by atoms with Crippen LogP contribution < -0.4 is 0 Å². The van der Waals surface area contributed by atoms with E-state index >= 15 is 0 Å². The Bertz CT molecular complexity index is 546. The number of phenolic OH excluding ortho intramolecular Hbond substituents is 1. The van der Waals surface area contributed by atoms with Gasteiger partial charge in [0.05, 0.1) is 17.4 Å². The molecule has 2 rings (SSSR count). The molecule has 1 aromatic heterocycles. The number of hydrogen-bond acceptors (Lipinski definition) is 2. The molecule has 1 aromatic carbocycles. The van der Waals surface area contributed by atoms with Crippen LogP contribution in [0, 0.1) is 6.92 Å². The lowest BCUT2D eigenvalue weighted by molar-refractivity contribution is -0.137. The van der Waals surface area contributed by atoms with Gasteiger partial charge in [-0.1, -0.05) is 0 Å². The maximum absolute atomic E-state index is 12.4. The predicted molar refractivity (Wildman–Crippen MR) is 55.0 cm³/mol. The minimum atomic E-state index is -4.40. The molecule has 1 N–H and O–H groups in total. The van der Waals surface area contributed by atoms with Gasteiger partial charge in [0.25, 0.3) is 0 Å². The van der Waals surface area contributed by atoms with Crippen LogP contribution in [0.2, 0.25) is 0 Å². The fraction of sp³-hybridized carbons (Fsp3) is 0.182. The van der Waals surface area contributed by atoms with E-state index in [1.165, 1.54) is 18.2 Å². The van der Waals surface area contributed by atoms with Gasteiger partial charge >= 0.3 is 6.18 Å². The summed E-state index contributed by atoms with van der Waals surface area (Å²) in [7, 11) is 0. The maximum Gasteiger partial charge on any atom is 0.419 e. The molecule has 0 fully saturated rings. The first-order valence-corrected chi connectivity index (χ1v) is 4.80. The Morgan fingerprint density at radius 3 is 2.53 bits per heavy atom. The standard InChI is InChI=1S/C11H9F3N2O/c1-7-4-9(17)2-3-10(7)16-6-8(5-15-16)11(12,13)14/h2-6,17H,1H3. The molecule has 0 spiro atoms. The van der Waals surface area contributed by atoms with Gasteiger partial charge in [-0.15, -0.1) is 0 Å². The highest BCUT2D eigenvalue weighted by Crippen LogP contribution is 2.29. The lowest BCUT2D eigenvalue weighted by atomic mass is 10.2. The van der Waals surface area contributed by atoms with Gasteiger partial charge < -0.3 is 5.11 Å². The van der Waals surface area contributed by atoms with Gasteiger partial charge in [-0.3, -0.25) is 0 Å². The monoisotopic (exact) mass is 242 g/mol. The van der Waals surface area contributed by atoms with E-state index in [0.717, 1.165) is 17.1 Å². The van der Waals surface area contributed by atoms with Crippen molar-refractivity contribution in [2.45, 2.75) is 13.1 Å². The fourth-order valence-electron chi connectivity index (χ4n) is 1.50. The molecular weight excluding hydrogens is 233 g/mol. The summed E-state index contributed by atoms with van der Waals surface area (Å²) in [5.74, 6) is 0.0643. The molecule has 0 amide bonds. The average molecular weight is 242 g/mol. The summed E-state index contributed by atoms with van der Waals surface area (Å²) in [4.78, 5) is 0. The molecule has 17 heavy (non-hydrogen) atoms. The van der Waals surface area contributed by atoms with Crippen molar-refractivity contribution < 1.29 is 18.3 Å². The number of alkyl halides is 3. The van der Waals surface area contributed by atoms with Crippen LogP contribution in [0.15, 0.2) is 30.6 Å². The minimum Gasteiger partial charge on any atom is -0.508 e. The van der Waals surface area contributed by atoms with E-state index in [9.17, 15) is 18.3 Å². The van der Waals surface area contributed by atoms with Crippen LogP contribution in [-0.2, 0) is 6.18 Å². The molecule has 0 atom stereocenters. The number of halogens is 3. The number of hydrogen-bond donors (Lipinski definition) is 1. The van der Waals surface area contributed by atoms with Crippen molar-refractivity contribution in [1.82, 2.24) is 9.78 Å². The molecule has 0 aliphatic heterocycles. The lowest BCUT2D eigenvalue weighted by Crippen LogP contribution is -2.03. The summed E-state index contributed by atoms with van der Waals surface area (Å²) in [6, 6.07) is 4.37. The number of aromatic nitrogens is 2. The summed E-state index contributed by atoms with van der Waals surface area (Å²) in [6.07, 6.45) is -2.71. The van der Waals surface area contributed by atoms with E-state index in [-0.39, 0.29) is 5.75 Å². The van der Waals surface area contributed by atoms with Crippen LogP contribution in [0.3, 0.4) is 0 Å². The SMILES string of the molecule is Cc1cc(O)ccc1-n1cc(C(F)(F)F)cn1. The predicted octanol–water partition coefficient (Wildman–Crippen LogP) is 2.91. The van der Waals surface area contributed by atoms with Crippen molar-refractivity contribution in [3.05, 3.63) is 41.7 Å². The zero-order chi connectivity index (χ0) is 12.6. The molecule has 0 bridgehead atoms. The van der Waals surface area contributed by atoms with E-state index in [1.54, 1.807) is 6.92 Å². The fourth-order valence-corrected chi connectivity index (χ4v) is 1.50. The Labute approximate surface area is 95.1 Å². The first kappa shape index (κ1) is 11.5. The van der Waals surface area contributed by atoms with Crippen molar-refractivity contribution in [2.24, 2.45) is 0 Å². The minimum absolute atomic E-state index is 0.0643. The van der Waals surface area contributed by atoms with Gasteiger partial charge in [0, 0.05) is 6.20 Å². The molecule has 3 nitrogen and oxygen atoms in total. The quantitative estimate of drug-likeness (QED) is 0.834. The van der Waals surface area contributed by atoms with Crippen LogP contribution in [-0.4, -0.2) is 14.9 Å². The van der Waals surface area contributed by atoms with Crippen molar-refractivity contribution in [1.29, 1.82) is 0 Å². The van der Waals surface area contributed by atoms with E-state index in [1.807, 2.05) is 0 Å². The van der Waals surface area contributed by atoms with Crippen LogP contribution in [0.5, 0.6) is 5.75 Å². The number of phenols is 1. The van der Waals surface area contributed by atoms with Crippen molar-refractivity contribution >= 4 is 0 Å². The summed E-state index contributed by atoms with van der Waals surface area (Å²) in [5, 5.41) is 12.9. The molecule has 0 aliphatic rings. The number of aryl methyl sites for hydroxylation is 1. The van der Waals surface area contributed by atoms with Gasteiger partial charge in [-0.2, -0.15) is 18.3 Å². The lowest BCUT2D eigenvalue weighted by Gasteiger charge is -2.06. The molecule has 90 valence electrons. The van der Waals surface area contributed by atoms with Gasteiger partial charge in [0.1, 0.15) is 5.75 Å². The molecule has 0 aliphatic carbocycles. The topological polar surface area (TPSA) is 38.0 Å². The van der Waals surface area contributed by atoms with Crippen molar-refractivity contribution in [3.63, 3.8) is 0 Å². The molecule has 1 heterocycles. The smallest absolute Gasteiger partial charge is 0.419 e. The van der Waals surface area contributed by atoms with Crippen LogP contribution in [0.25, 0.3) is 5.69 Å². The molecule has 6 heteroatoms. The Kier molecular flexibility index (Phi) is 2.57. The second kappa shape index (κ2) is 3.80. The van der Waals surface area contributed by atoms with Crippen molar-refractivity contribution in [3.8, 4) is 11.4 Å². The first-order valence-electron chi connectivity index (χ1n) is 4.80. The zero-order valence-electron chi connectivity index (χ0n) is 8.86. The molecule has 0 saturated carbocycles. The van der Waals surface area contributed by atoms with E-state index in [2.05, 4.69) is 5.10 Å².